The topological polar surface area (TPSA) is 35.6 Å². The molecule has 0 amide bonds. The molecule has 0 atom stereocenters. The standard InChI is InChI=1S/C48H26F4N4/c49-29-5-13-43-37(19-29)38-20-30(50)6-14-44(38)55(43)33-10-12-36-41(23-33)47(27-3-1-17-53-25-27)35-11-9-34(24-42(35)48(36)28-4-2-18-54-26-28)56-45-15-7-31(51)21-39(45)40-22-32(52)8-16-46(40)56/h1-26H. The highest BCUT2D eigenvalue weighted by Gasteiger charge is 2.22. The van der Waals surface area contributed by atoms with Crippen molar-refractivity contribution in [2.45, 2.75) is 0 Å². The molecule has 0 unspecified atom stereocenters. The van der Waals surface area contributed by atoms with E-state index in [1.54, 1.807) is 36.7 Å². The van der Waals surface area contributed by atoms with Gasteiger partial charge in [-0.15, -0.1) is 0 Å². The van der Waals surface area contributed by atoms with Crippen LogP contribution in [0.25, 0.3) is 98.8 Å². The van der Waals surface area contributed by atoms with E-state index >= 15 is 0 Å². The van der Waals surface area contributed by atoms with Gasteiger partial charge in [-0.1, -0.05) is 24.3 Å². The first kappa shape index (κ1) is 32.1. The van der Waals surface area contributed by atoms with Crippen molar-refractivity contribution in [1.82, 2.24) is 19.1 Å². The van der Waals surface area contributed by atoms with Gasteiger partial charge in [0.25, 0.3) is 0 Å². The SMILES string of the molecule is Fc1ccc2c(c1)c1cc(F)ccc1n2-c1ccc2c(-c3cccnc3)c3cc(-n4c5ccc(F)cc5c5cc(F)ccc54)ccc3c(-c3cccnc3)c2c1. The molecule has 0 aliphatic carbocycles. The third kappa shape index (κ3) is 4.78. The highest BCUT2D eigenvalue weighted by atomic mass is 19.1. The van der Waals surface area contributed by atoms with Crippen LogP contribution in [0.4, 0.5) is 17.6 Å². The number of nitrogens with zero attached hydrogens (tertiary/aromatic N) is 4. The van der Waals surface area contributed by atoms with Crippen LogP contribution in [0.2, 0.25) is 0 Å². The summed E-state index contributed by atoms with van der Waals surface area (Å²) < 4.78 is 62.6. The number of hydrogen-bond donors (Lipinski definition) is 0. The Morgan fingerprint density at radius 1 is 0.339 bits per heavy atom. The Bertz CT molecular complexity index is 3060. The van der Waals surface area contributed by atoms with Crippen LogP contribution in [0.3, 0.4) is 0 Å². The summed E-state index contributed by atoms with van der Waals surface area (Å²) in [7, 11) is 0. The zero-order chi connectivity index (χ0) is 37.7. The molecule has 0 saturated carbocycles. The van der Waals surface area contributed by atoms with Crippen molar-refractivity contribution in [3.05, 3.63) is 182 Å². The van der Waals surface area contributed by atoms with E-state index in [9.17, 15) is 17.6 Å². The number of halogens is 4. The summed E-state index contributed by atoms with van der Waals surface area (Å²) in [4.78, 5) is 9.03. The van der Waals surface area contributed by atoms with Crippen molar-refractivity contribution in [3.63, 3.8) is 0 Å². The molecule has 266 valence electrons. The van der Waals surface area contributed by atoms with E-state index in [1.165, 1.54) is 48.5 Å². The highest BCUT2D eigenvalue weighted by molar-refractivity contribution is 6.22. The number of rotatable bonds is 4. The molecule has 0 radical (unpaired) electrons. The van der Waals surface area contributed by atoms with Crippen molar-refractivity contribution < 1.29 is 17.6 Å². The maximum Gasteiger partial charge on any atom is 0.123 e. The van der Waals surface area contributed by atoms with Gasteiger partial charge in [0.05, 0.1) is 22.1 Å². The highest BCUT2D eigenvalue weighted by Crippen LogP contribution is 2.46. The number of benzene rings is 7. The van der Waals surface area contributed by atoms with Gasteiger partial charge in [-0.3, -0.25) is 9.97 Å². The summed E-state index contributed by atoms with van der Waals surface area (Å²) in [5, 5.41) is 6.25. The van der Waals surface area contributed by atoms with Crippen LogP contribution in [0.1, 0.15) is 0 Å². The van der Waals surface area contributed by atoms with E-state index in [4.69, 9.17) is 0 Å². The quantitative estimate of drug-likeness (QED) is 0.133. The zero-order valence-corrected chi connectivity index (χ0v) is 29.3. The molecule has 0 aliphatic heterocycles. The first-order chi connectivity index (χ1) is 27.4. The lowest BCUT2D eigenvalue weighted by atomic mass is 9.86. The molecule has 0 N–H and O–H groups in total. The lowest BCUT2D eigenvalue weighted by Crippen LogP contribution is -1.98. The molecule has 0 fully saturated rings. The first-order valence-electron chi connectivity index (χ1n) is 18.0. The van der Waals surface area contributed by atoms with Crippen molar-refractivity contribution >= 4 is 65.2 Å². The average Bonchev–Trinajstić information content (AvgIpc) is 3.71. The van der Waals surface area contributed by atoms with Gasteiger partial charge in [0.15, 0.2) is 0 Å². The molecular weight excluding hydrogens is 709 g/mol. The molecule has 11 aromatic rings. The van der Waals surface area contributed by atoms with Crippen molar-refractivity contribution in [3.8, 4) is 33.6 Å². The first-order valence-corrected chi connectivity index (χ1v) is 18.0. The molecule has 0 spiro atoms. The number of pyridine rings is 2. The minimum absolute atomic E-state index is 0.398. The van der Waals surface area contributed by atoms with E-state index in [0.29, 0.717) is 21.5 Å². The van der Waals surface area contributed by atoms with Crippen LogP contribution in [0.15, 0.2) is 158 Å². The summed E-state index contributed by atoms with van der Waals surface area (Å²) in [6, 6.07) is 38.8. The molecule has 11 rings (SSSR count). The Morgan fingerprint density at radius 2 is 0.696 bits per heavy atom. The number of fused-ring (bicyclic) bond motifs is 8. The minimum atomic E-state index is -0.398. The third-order valence-electron chi connectivity index (χ3n) is 10.9. The smallest absolute Gasteiger partial charge is 0.123 e. The molecule has 0 bridgehead atoms. The maximum atomic E-state index is 14.6. The third-order valence-corrected chi connectivity index (χ3v) is 10.9. The normalized spacial score (nSPS) is 11.9. The molecule has 0 aliphatic rings. The summed E-state index contributed by atoms with van der Waals surface area (Å²) >= 11 is 0. The fraction of sp³-hybridized carbons (Fsp3) is 0. The fourth-order valence-electron chi connectivity index (χ4n) is 8.62. The van der Waals surface area contributed by atoms with Gasteiger partial charge in [0, 0.05) is 68.8 Å². The molecule has 56 heavy (non-hydrogen) atoms. The lowest BCUT2D eigenvalue weighted by molar-refractivity contribution is 0.628. The second kappa shape index (κ2) is 12.1. The van der Waals surface area contributed by atoms with Crippen molar-refractivity contribution in [2.24, 2.45) is 0 Å². The van der Waals surface area contributed by atoms with E-state index in [2.05, 4.69) is 34.2 Å². The Morgan fingerprint density at radius 3 is 1.02 bits per heavy atom. The second-order valence-electron chi connectivity index (χ2n) is 14.0. The average molecular weight is 735 g/mol. The van der Waals surface area contributed by atoms with Crippen LogP contribution >= 0.6 is 0 Å². The zero-order valence-electron chi connectivity index (χ0n) is 29.3. The van der Waals surface area contributed by atoms with Crippen LogP contribution in [0.5, 0.6) is 0 Å². The van der Waals surface area contributed by atoms with Gasteiger partial charge in [0.1, 0.15) is 23.3 Å². The van der Waals surface area contributed by atoms with Gasteiger partial charge < -0.3 is 9.13 Å². The summed E-state index contributed by atoms with van der Waals surface area (Å²) in [6.45, 7) is 0. The number of hydrogen-bond acceptors (Lipinski definition) is 2. The summed E-state index contributed by atoms with van der Waals surface area (Å²) in [5.41, 5.74) is 8.34. The van der Waals surface area contributed by atoms with E-state index in [-0.39, 0.29) is 0 Å². The van der Waals surface area contributed by atoms with Crippen LogP contribution in [0, 0.1) is 23.3 Å². The molecule has 0 saturated heterocycles. The Hall–Kier alpha value is -7.32. The van der Waals surface area contributed by atoms with Crippen molar-refractivity contribution in [1.29, 1.82) is 0 Å². The molecule has 7 aromatic carbocycles. The summed E-state index contributed by atoms with van der Waals surface area (Å²) in [6.07, 6.45) is 7.18. The molecular formula is C48H26F4N4. The Kier molecular flexibility index (Phi) is 6.94. The van der Waals surface area contributed by atoms with Gasteiger partial charge >= 0.3 is 0 Å². The van der Waals surface area contributed by atoms with Gasteiger partial charge in [0.2, 0.25) is 0 Å². The lowest BCUT2D eigenvalue weighted by Gasteiger charge is -2.20. The van der Waals surface area contributed by atoms with Crippen LogP contribution in [-0.4, -0.2) is 19.1 Å². The van der Waals surface area contributed by atoms with E-state index < -0.39 is 23.3 Å². The predicted octanol–water partition coefficient (Wildman–Crippen LogP) is 12.9. The predicted molar refractivity (Wildman–Crippen MR) is 216 cm³/mol. The van der Waals surface area contributed by atoms with E-state index in [0.717, 1.165) is 77.2 Å². The van der Waals surface area contributed by atoms with Crippen molar-refractivity contribution in [2.75, 3.05) is 0 Å². The monoisotopic (exact) mass is 734 g/mol. The van der Waals surface area contributed by atoms with E-state index in [1.807, 2.05) is 57.9 Å². The van der Waals surface area contributed by atoms with Gasteiger partial charge in [-0.2, -0.15) is 0 Å². The van der Waals surface area contributed by atoms with Crippen LogP contribution < -0.4 is 0 Å². The second-order valence-corrected chi connectivity index (χ2v) is 14.0. The Balaban J connectivity index is 1.27. The molecule has 4 heterocycles. The van der Waals surface area contributed by atoms with Gasteiger partial charge in [-0.25, -0.2) is 17.6 Å². The fourth-order valence-corrected chi connectivity index (χ4v) is 8.62. The van der Waals surface area contributed by atoms with Gasteiger partial charge in [-0.05, 0) is 142 Å². The molecule has 4 aromatic heterocycles. The Labute approximate surface area is 316 Å². The largest absolute Gasteiger partial charge is 0.309 e. The number of aromatic nitrogens is 4. The molecule has 4 nitrogen and oxygen atoms in total. The molecule has 8 heteroatoms. The minimum Gasteiger partial charge on any atom is -0.309 e. The summed E-state index contributed by atoms with van der Waals surface area (Å²) in [5.74, 6) is -1.59. The maximum absolute atomic E-state index is 14.6. The van der Waals surface area contributed by atoms with Crippen LogP contribution in [-0.2, 0) is 0 Å².